The summed E-state index contributed by atoms with van der Waals surface area (Å²) in [5, 5.41) is 3.46. The molecule has 1 aliphatic rings. The van der Waals surface area contributed by atoms with Crippen LogP contribution in [0.1, 0.15) is 25.0 Å². The Hall–Kier alpha value is -3.51. The zero-order valence-corrected chi connectivity index (χ0v) is 19.3. The van der Waals surface area contributed by atoms with Crippen molar-refractivity contribution in [3.63, 3.8) is 0 Å². The van der Waals surface area contributed by atoms with Gasteiger partial charge in [0.25, 0.3) is 11.8 Å². The van der Waals surface area contributed by atoms with Gasteiger partial charge in [-0.3, -0.25) is 9.59 Å². The number of carbonyl (C=O) groups excluding carboxylic acids is 2. The highest BCUT2D eigenvalue weighted by Gasteiger charge is 2.31. The Labute approximate surface area is 198 Å². The smallest absolute Gasteiger partial charge is 0.268 e. The van der Waals surface area contributed by atoms with Crippen LogP contribution in [0.2, 0.25) is 5.02 Å². The molecule has 170 valence electrons. The number of hydrogen-bond acceptors (Lipinski definition) is 4. The molecule has 1 heterocycles. The topological polar surface area (TPSA) is 67.9 Å². The summed E-state index contributed by atoms with van der Waals surface area (Å²) in [6, 6.07) is 20.2. The Balaban J connectivity index is 1.47. The third kappa shape index (κ3) is 5.46. The highest BCUT2D eigenvalue weighted by molar-refractivity contribution is 6.30. The first-order chi connectivity index (χ1) is 15.9. The van der Waals surface area contributed by atoms with Crippen LogP contribution in [0.25, 0.3) is 0 Å². The molecule has 33 heavy (non-hydrogen) atoms. The lowest BCUT2D eigenvalue weighted by molar-refractivity contribution is -0.125. The molecular formula is C26H25ClN2O4. The van der Waals surface area contributed by atoms with Crippen molar-refractivity contribution in [1.29, 1.82) is 0 Å². The predicted octanol–water partition coefficient (Wildman–Crippen LogP) is 5.23. The molecule has 3 aromatic carbocycles. The summed E-state index contributed by atoms with van der Waals surface area (Å²) < 4.78 is 11.3. The first kappa shape index (κ1) is 22.7. The lowest BCUT2D eigenvalue weighted by atomic mass is 10.1. The third-order valence-electron chi connectivity index (χ3n) is 5.41. The maximum absolute atomic E-state index is 12.9. The van der Waals surface area contributed by atoms with E-state index >= 15 is 0 Å². The molecule has 7 heteroatoms. The molecule has 0 saturated carbocycles. The molecule has 0 bridgehead atoms. The van der Waals surface area contributed by atoms with Gasteiger partial charge in [0.1, 0.15) is 11.5 Å². The molecule has 1 atom stereocenters. The minimum Gasteiger partial charge on any atom is -0.484 e. The second kappa shape index (κ2) is 9.96. The molecule has 4 rings (SSSR count). The second-order valence-electron chi connectivity index (χ2n) is 7.83. The number of halogens is 1. The van der Waals surface area contributed by atoms with Crippen LogP contribution in [0.3, 0.4) is 0 Å². The molecule has 1 unspecified atom stereocenters. The maximum atomic E-state index is 12.9. The summed E-state index contributed by atoms with van der Waals surface area (Å²) in [6.45, 7) is 4.05. The summed E-state index contributed by atoms with van der Waals surface area (Å²) in [7, 11) is 0. The van der Waals surface area contributed by atoms with Crippen LogP contribution in [0.15, 0.2) is 66.7 Å². The van der Waals surface area contributed by atoms with Crippen molar-refractivity contribution in [3.05, 3.63) is 82.9 Å². The van der Waals surface area contributed by atoms with Gasteiger partial charge in [-0.1, -0.05) is 42.8 Å². The molecule has 1 aliphatic heterocycles. The van der Waals surface area contributed by atoms with E-state index in [1.165, 1.54) is 5.56 Å². The average molecular weight is 465 g/mol. The number of benzene rings is 3. The molecule has 1 N–H and O–H groups in total. The van der Waals surface area contributed by atoms with Gasteiger partial charge >= 0.3 is 0 Å². The van der Waals surface area contributed by atoms with Crippen molar-refractivity contribution in [2.24, 2.45) is 0 Å². The average Bonchev–Trinajstić information content (AvgIpc) is 2.82. The van der Waals surface area contributed by atoms with Gasteiger partial charge in [0.2, 0.25) is 0 Å². The molecular weight excluding hydrogens is 440 g/mol. The quantitative estimate of drug-likeness (QED) is 0.519. The first-order valence-electron chi connectivity index (χ1n) is 10.8. The normalized spacial score (nSPS) is 14.9. The molecule has 0 fully saturated rings. The number of fused-ring (bicyclic) bond motifs is 1. The van der Waals surface area contributed by atoms with Crippen LogP contribution in [0.4, 0.5) is 11.4 Å². The number of rotatable bonds is 7. The van der Waals surface area contributed by atoms with E-state index < -0.39 is 6.10 Å². The van der Waals surface area contributed by atoms with E-state index in [1.54, 1.807) is 42.2 Å². The van der Waals surface area contributed by atoms with E-state index in [1.807, 2.05) is 36.4 Å². The fourth-order valence-corrected chi connectivity index (χ4v) is 3.71. The molecule has 2 amide bonds. The Bertz CT molecular complexity index is 1150. The number of nitrogens with one attached hydrogen (secondary N) is 1. The van der Waals surface area contributed by atoms with E-state index in [-0.39, 0.29) is 18.4 Å². The lowest BCUT2D eigenvalue weighted by Gasteiger charge is -2.33. The van der Waals surface area contributed by atoms with Crippen LogP contribution in [-0.4, -0.2) is 24.5 Å². The van der Waals surface area contributed by atoms with Crippen molar-refractivity contribution >= 4 is 34.8 Å². The number of nitrogens with zero attached hydrogens (tertiary/aromatic N) is 1. The Morgan fingerprint density at radius 3 is 2.45 bits per heavy atom. The van der Waals surface area contributed by atoms with Crippen LogP contribution in [0.5, 0.6) is 11.5 Å². The predicted molar refractivity (Wildman–Crippen MR) is 129 cm³/mol. The van der Waals surface area contributed by atoms with E-state index in [9.17, 15) is 9.59 Å². The highest BCUT2D eigenvalue weighted by atomic mass is 35.5. The van der Waals surface area contributed by atoms with Crippen LogP contribution in [-0.2, 0) is 22.6 Å². The fraction of sp³-hybridized carbons (Fsp3) is 0.231. The molecule has 0 aromatic heterocycles. The highest BCUT2D eigenvalue weighted by Crippen LogP contribution is 2.37. The van der Waals surface area contributed by atoms with Crippen LogP contribution >= 0.6 is 11.6 Å². The zero-order chi connectivity index (χ0) is 23.4. The number of anilines is 2. The summed E-state index contributed by atoms with van der Waals surface area (Å²) in [5.41, 5.74) is 3.29. The van der Waals surface area contributed by atoms with Gasteiger partial charge in [-0.25, -0.2) is 0 Å². The van der Waals surface area contributed by atoms with Crippen molar-refractivity contribution in [2.45, 2.75) is 32.9 Å². The Morgan fingerprint density at radius 1 is 1.06 bits per heavy atom. The number of amides is 2. The summed E-state index contributed by atoms with van der Waals surface area (Å²) in [4.78, 5) is 27.0. The summed E-state index contributed by atoms with van der Waals surface area (Å²) in [5.74, 6) is 0.770. The molecule has 0 spiro atoms. The van der Waals surface area contributed by atoms with Gasteiger partial charge < -0.3 is 19.7 Å². The van der Waals surface area contributed by atoms with Crippen LogP contribution < -0.4 is 19.7 Å². The molecule has 3 aromatic rings. The van der Waals surface area contributed by atoms with Gasteiger partial charge in [-0.05, 0) is 66.9 Å². The number of aryl methyl sites for hydroxylation is 1. The molecule has 0 saturated heterocycles. The zero-order valence-electron chi connectivity index (χ0n) is 18.5. The Kier molecular flexibility index (Phi) is 6.84. The lowest BCUT2D eigenvalue weighted by Crippen LogP contribution is -2.44. The molecule has 0 radical (unpaired) electrons. The number of ether oxygens (including phenoxy) is 2. The van der Waals surface area contributed by atoms with Crippen molar-refractivity contribution in [1.82, 2.24) is 0 Å². The van der Waals surface area contributed by atoms with E-state index in [0.717, 1.165) is 12.0 Å². The summed E-state index contributed by atoms with van der Waals surface area (Å²) in [6.07, 6.45) is 0.344. The van der Waals surface area contributed by atoms with Crippen molar-refractivity contribution in [2.75, 3.05) is 16.8 Å². The van der Waals surface area contributed by atoms with Crippen molar-refractivity contribution in [3.8, 4) is 11.5 Å². The standard InChI is InChI=1S/C26H25ClN2O4/c1-3-18-6-11-22(12-7-18)32-16-25(30)28-21-10-13-24-23(14-21)29(26(31)17(2)33-24)15-19-4-8-20(27)9-5-19/h4-14,17H,3,15-16H2,1-2H3,(H,28,30). The summed E-state index contributed by atoms with van der Waals surface area (Å²) >= 11 is 5.98. The Morgan fingerprint density at radius 2 is 1.76 bits per heavy atom. The monoisotopic (exact) mass is 464 g/mol. The number of carbonyl (C=O) groups is 2. The van der Waals surface area contributed by atoms with Gasteiger partial charge in [0.15, 0.2) is 12.7 Å². The van der Waals surface area contributed by atoms with Crippen molar-refractivity contribution < 1.29 is 19.1 Å². The van der Waals surface area contributed by atoms with E-state index in [2.05, 4.69) is 12.2 Å². The first-order valence-corrected chi connectivity index (χ1v) is 11.2. The molecule has 0 aliphatic carbocycles. The van der Waals surface area contributed by atoms with Gasteiger partial charge in [0, 0.05) is 10.7 Å². The second-order valence-corrected chi connectivity index (χ2v) is 8.26. The minimum absolute atomic E-state index is 0.122. The van der Waals surface area contributed by atoms with E-state index in [0.29, 0.717) is 34.4 Å². The number of hydrogen-bond donors (Lipinski definition) is 1. The third-order valence-corrected chi connectivity index (χ3v) is 5.66. The maximum Gasteiger partial charge on any atom is 0.268 e. The van der Waals surface area contributed by atoms with Gasteiger partial charge in [-0.15, -0.1) is 0 Å². The minimum atomic E-state index is -0.599. The van der Waals surface area contributed by atoms with Gasteiger partial charge in [0.05, 0.1) is 12.2 Å². The SMILES string of the molecule is CCc1ccc(OCC(=O)Nc2ccc3c(c2)N(Cc2ccc(Cl)cc2)C(=O)C(C)O3)cc1. The van der Waals surface area contributed by atoms with E-state index in [4.69, 9.17) is 21.1 Å². The largest absolute Gasteiger partial charge is 0.484 e. The van der Waals surface area contributed by atoms with Crippen LogP contribution in [0, 0.1) is 0 Å². The molecule has 6 nitrogen and oxygen atoms in total. The van der Waals surface area contributed by atoms with Gasteiger partial charge in [-0.2, -0.15) is 0 Å². The fourth-order valence-electron chi connectivity index (χ4n) is 3.59.